The van der Waals surface area contributed by atoms with Crippen LogP contribution in [0.2, 0.25) is 0 Å². The summed E-state index contributed by atoms with van der Waals surface area (Å²) >= 11 is 0. The van der Waals surface area contributed by atoms with Crippen molar-refractivity contribution in [1.29, 1.82) is 0 Å². The Morgan fingerprint density at radius 3 is 2.76 bits per heavy atom. The lowest BCUT2D eigenvalue weighted by Crippen LogP contribution is -2.39. The van der Waals surface area contributed by atoms with Gasteiger partial charge in [0.05, 0.1) is 0 Å². The van der Waals surface area contributed by atoms with Crippen molar-refractivity contribution >= 4 is 5.91 Å². The van der Waals surface area contributed by atoms with Crippen molar-refractivity contribution in [2.75, 3.05) is 7.05 Å². The number of nitrogens with one attached hydrogen (secondary N) is 1. The fraction of sp³-hybridized carbons (Fsp3) is 0.500. The number of benzene rings is 1. The molecule has 5 nitrogen and oxygen atoms in total. The summed E-state index contributed by atoms with van der Waals surface area (Å²) in [5.41, 5.74) is 4.07. The molecule has 1 amide bonds. The van der Waals surface area contributed by atoms with Crippen LogP contribution < -0.4 is 5.32 Å². The van der Waals surface area contributed by atoms with Gasteiger partial charge in [0.25, 0.3) is 5.91 Å². The number of amides is 1. The van der Waals surface area contributed by atoms with Gasteiger partial charge in [0.1, 0.15) is 0 Å². The van der Waals surface area contributed by atoms with Crippen LogP contribution in [0.5, 0.6) is 0 Å². The molecule has 1 aromatic carbocycles. The zero-order valence-corrected chi connectivity index (χ0v) is 15.6. The Hall–Kier alpha value is -2.14. The first-order valence-electron chi connectivity index (χ1n) is 9.06. The molecule has 25 heavy (non-hydrogen) atoms. The van der Waals surface area contributed by atoms with E-state index in [2.05, 4.69) is 24.3 Å². The lowest BCUT2D eigenvalue weighted by atomic mass is 9.90. The standard InChI is InChI=1S/C20H28N4O/c1-14(2)21-16-10-11-18-17(12-16)19(22-24(18)4)20(25)23(3)13-15-8-6-5-7-9-15/h5-9,14,16,21H,10-13H2,1-4H3. The topological polar surface area (TPSA) is 50.2 Å². The van der Waals surface area contributed by atoms with Crippen molar-refractivity contribution < 1.29 is 4.79 Å². The van der Waals surface area contributed by atoms with Gasteiger partial charge >= 0.3 is 0 Å². The molecule has 2 aromatic rings. The molecule has 134 valence electrons. The fourth-order valence-electron chi connectivity index (χ4n) is 3.68. The maximum absolute atomic E-state index is 13.0. The predicted molar refractivity (Wildman–Crippen MR) is 99.5 cm³/mol. The average molecular weight is 340 g/mol. The van der Waals surface area contributed by atoms with E-state index in [9.17, 15) is 4.79 Å². The molecule has 3 rings (SSSR count). The van der Waals surface area contributed by atoms with E-state index in [4.69, 9.17) is 0 Å². The number of fused-ring (bicyclic) bond motifs is 1. The highest BCUT2D eigenvalue weighted by Gasteiger charge is 2.29. The van der Waals surface area contributed by atoms with Crippen molar-refractivity contribution in [3.05, 3.63) is 52.8 Å². The molecule has 1 heterocycles. The Labute approximate surface area is 150 Å². The molecule has 1 unspecified atom stereocenters. The molecule has 0 radical (unpaired) electrons. The molecule has 5 heteroatoms. The Kier molecular flexibility index (Phi) is 5.23. The van der Waals surface area contributed by atoms with Gasteiger partial charge in [0.15, 0.2) is 5.69 Å². The highest BCUT2D eigenvalue weighted by atomic mass is 16.2. The van der Waals surface area contributed by atoms with Gasteiger partial charge in [-0.15, -0.1) is 0 Å². The van der Waals surface area contributed by atoms with E-state index < -0.39 is 0 Å². The number of aryl methyl sites for hydroxylation is 1. The molecule has 0 fully saturated rings. The second-order valence-corrected chi connectivity index (χ2v) is 7.31. The van der Waals surface area contributed by atoms with Crippen LogP contribution >= 0.6 is 0 Å². The summed E-state index contributed by atoms with van der Waals surface area (Å²) in [6.07, 6.45) is 2.94. The number of nitrogens with zero attached hydrogens (tertiary/aromatic N) is 3. The molecule has 0 spiro atoms. The van der Waals surface area contributed by atoms with Crippen molar-refractivity contribution in [1.82, 2.24) is 20.0 Å². The van der Waals surface area contributed by atoms with E-state index in [-0.39, 0.29) is 5.91 Å². The van der Waals surface area contributed by atoms with Gasteiger partial charge in [-0.25, -0.2) is 0 Å². The van der Waals surface area contributed by atoms with Crippen LogP contribution in [0.1, 0.15) is 47.6 Å². The van der Waals surface area contributed by atoms with Gasteiger partial charge in [-0.1, -0.05) is 44.2 Å². The van der Waals surface area contributed by atoms with Crippen molar-refractivity contribution in [3.8, 4) is 0 Å². The summed E-state index contributed by atoms with van der Waals surface area (Å²) in [4.78, 5) is 14.8. The van der Waals surface area contributed by atoms with Crippen LogP contribution in [0.15, 0.2) is 30.3 Å². The van der Waals surface area contributed by atoms with Crippen LogP contribution in [-0.4, -0.2) is 39.7 Å². The zero-order chi connectivity index (χ0) is 18.0. The molecule has 0 aliphatic heterocycles. The second kappa shape index (κ2) is 7.40. The van der Waals surface area contributed by atoms with Crippen molar-refractivity contribution in [3.63, 3.8) is 0 Å². The smallest absolute Gasteiger partial charge is 0.274 e. The largest absolute Gasteiger partial charge is 0.336 e. The van der Waals surface area contributed by atoms with E-state index in [0.717, 1.165) is 30.4 Å². The molecule has 0 saturated carbocycles. The Morgan fingerprint density at radius 2 is 2.08 bits per heavy atom. The monoisotopic (exact) mass is 340 g/mol. The van der Waals surface area contributed by atoms with Gasteiger partial charge in [0, 0.05) is 44.0 Å². The maximum Gasteiger partial charge on any atom is 0.274 e. The number of carbonyl (C=O) groups is 1. The molecular weight excluding hydrogens is 312 g/mol. The minimum atomic E-state index is 0.00546. The maximum atomic E-state index is 13.0. The second-order valence-electron chi connectivity index (χ2n) is 7.31. The van der Waals surface area contributed by atoms with Crippen molar-refractivity contribution in [2.24, 2.45) is 7.05 Å². The molecule has 1 aromatic heterocycles. The van der Waals surface area contributed by atoms with Crippen LogP contribution in [-0.2, 0) is 26.4 Å². The number of aromatic nitrogens is 2. The Balaban J connectivity index is 1.79. The van der Waals surface area contributed by atoms with Gasteiger partial charge in [0.2, 0.25) is 0 Å². The predicted octanol–water partition coefficient (Wildman–Crippen LogP) is 2.55. The molecule has 1 aliphatic carbocycles. The van der Waals surface area contributed by atoms with E-state index in [1.54, 1.807) is 4.90 Å². The normalized spacial score (nSPS) is 16.8. The SMILES string of the molecule is CC(C)NC1CCc2c(c(C(=O)N(C)Cc3ccccc3)nn2C)C1. The minimum absolute atomic E-state index is 0.00546. The third-order valence-electron chi connectivity index (χ3n) is 4.84. The summed E-state index contributed by atoms with van der Waals surface area (Å²) in [5.74, 6) is 0.00546. The van der Waals surface area contributed by atoms with Gasteiger partial charge in [-0.05, 0) is 24.8 Å². The molecule has 1 aliphatic rings. The fourth-order valence-corrected chi connectivity index (χ4v) is 3.68. The lowest BCUT2D eigenvalue weighted by molar-refractivity contribution is 0.0777. The van der Waals surface area contributed by atoms with Crippen LogP contribution in [0.25, 0.3) is 0 Å². The molecule has 0 bridgehead atoms. The van der Waals surface area contributed by atoms with Crippen LogP contribution in [0.4, 0.5) is 0 Å². The highest BCUT2D eigenvalue weighted by molar-refractivity contribution is 5.94. The third kappa shape index (κ3) is 3.93. The third-order valence-corrected chi connectivity index (χ3v) is 4.84. The Bertz CT molecular complexity index is 736. The summed E-state index contributed by atoms with van der Waals surface area (Å²) in [6.45, 7) is 4.93. The Morgan fingerprint density at radius 1 is 1.36 bits per heavy atom. The molecule has 0 saturated heterocycles. The first kappa shape index (κ1) is 17.7. The summed E-state index contributed by atoms with van der Waals surface area (Å²) in [5, 5.41) is 8.17. The minimum Gasteiger partial charge on any atom is -0.336 e. The van der Waals surface area contributed by atoms with E-state index in [1.165, 1.54) is 5.69 Å². The quantitative estimate of drug-likeness (QED) is 0.910. The van der Waals surface area contributed by atoms with Crippen LogP contribution in [0, 0.1) is 0 Å². The summed E-state index contributed by atoms with van der Waals surface area (Å²) < 4.78 is 1.89. The number of hydrogen-bond acceptors (Lipinski definition) is 3. The van der Waals surface area contributed by atoms with Gasteiger partial charge in [-0.3, -0.25) is 9.48 Å². The van der Waals surface area contributed by atoms with Gasteiger partial charge < -0.3 is 10.2 Å². The molecule has 1 N–H and O–H groups in total. The molecule has 1 atom stereocenters. The first-order chi connectivity index (χ1) is 12.0. The van der Waals surface area contributed by atoms with E-state index in [0.29, 0.717) is 24.3 Å². The zero-order valence-electron chi connectivity index (χ0n) is 15.6. The van der Waals surface area contributed by atoms with Gasteiger partial charge in [-0.2, -0.15) is 5.10 Å². The first-order valence-corrected chi connectivity index (χ1v) is 9.06. The average Bonchev–Trinajstić information content (AvgIpc) is 2.91. The van der Waals surface area contributed by atoms with Crippen molar-refractivity contribution in [2.45, 2.75) is 51.7 Å². The number of rotatable bonds is 5. The van der Waals surface area contributed by atoms with Crippen LogP contribution in [0.3, 0.4) is 0 Å². The van der Waals surface area contributed by atoms with E-state index in [1.807, 2.05) is 49.1 Å². The summed E-state index contributed by atoms with van der Waals surface area (Å²) in [6, 6.07) is 10.9. The number of carbonyl (C=O) groups excluding carboxylic acids is 1. The molecular formula is C20H28N4O. The number of hydrogen-bond donors (Lipinski definition) is 1. The lowest BCUT2D eigenvalue weighted by Gasteiger charge is -2.26. The highest BCUT2D eigenvalue weighted by Crippen LogP contribution is 2.25. The summed E-state index contributed by atoms with van der Waals surface area (Å²) in [7, 11) is 3.80. The van der Waals surface area contributed by atoms with E-state index >= 15 is 0 Å².